The van der Waals surface area contributed by atoms with E-state index in [-0.39, 0.29) is 17.5 Å². The van der Waals surface area contributed by atoms with Gasteiger partial charge in [-0.05, 0) is 24.6 Å². The highest BCUT2D eigenvalue weighted by molar-refractivity contribution is 7.92. The summed E-state index contributed by atoms with van der Waals surface area (Å²) in [6.45, 7) is 2.25. The number of unbranched alkanes of at least 4 members (excludes halogenated alkanes) is 1. The third-order valence-electron chi connectivity index (χ3n) is 2.96. The summed E-state index contributed by atoms with van der Waals surface area (Å²) in [6, 6.07) is 4.57. The third kappa shape index (κ3) is 5.38. The molecule has 0 fully saturated rings. The van der Waals surface area contributed by atoms with Crippen molar-refractivity contribution in [2.75, 3.05) is 30.8 Å². The van der Waals surface area contributed by atoms with Gasteiger partial charge in [0.2, 0.25) is 15.9 Å². The number of hydrogen-bond acceptors (Lipinski definition) is 4. The van der Waals surface area contributed by atoms with Gasteiger partial charge in [-0.3, -0.25) is 9.10 Å². The van der Waals surface area contributed by atoms with Crippen molar-refractivity contribution in [3.05, 3.63) is 23.2 Å². The minimum Gasteiger partial charge on any atom is -0.495 e. The first-order valence-electron chi connectivity index (χ1n) is 6.87. The zero-order valence-electron chi connectivity index (χ0n) is 12.9. The van der Waals surface area contributed by atoms with Gasteiger partial charge in [0, 0.05) is 6.54 Å². The number of carbonyl (C=O) groups excluding carboxylic acids is 1. The highest BCUT2D eigenvalue weighted by Gasteiger charge is 2.21. The number of halogens is 1. The first kappa shape index (κ1) is 18.6. The molecule has 0 aromatic heterocycles. The number of amides is 1. The lowest BCUT2D eigenvalue weighted by Gasteiger charge is -2.22. The Hall–Kier alpha value is -1.47. The van der Waals surface area contributed by atoms with Crippen molar-refractivity contribution < 1.29 is 17.9 Å². The molecular weight excluding hydrogens is 328 g/mol. The fourth-order valence-electron chi connectivity index (χ4n) is 1.80. The van der Waals surface area contributed by atoms with E-state index in [0.717, 1.165) is 23.4 Å². The molecule has 0 aliphatic heterocycles. The van der Waals surface area contributed by atoms with Crippen molar-refractivity contribution in [1.82, 2.24) is 5.32 Å². The van der Waals surface area contributed by atoms with E-state index < -0.39 is 10.0 Å². The molecule has 8 heteroatoms. The summed E-state index contributed by atoms with van der Waals surface area (Å²) >= 11 is 6.02. The summed E-state index contributed by atoms with van der Waals surface area (Å²) in [5.74, 6) is 0.0806. The number of methoxy groups -OCH3 is 1. The molecule has 0 aliphatic carbocycles. The summed E-state index contributed by atoms with van der Waals surface area (Å²) in [4.78, 5) is 11.9. The Morgan fingerprint density at radius 1 is 1.41 bits per heavy atom. The summed E-state index contributed by atoms with van der Waals surface area (Å²) < 4.78 is 29.9. The molecule has 0 aliphatic rings. The molecule has 0 bridgehead atoms. The van der Waals surface area contributed by atoms with Crippen LogP contribution in [0.5, 0.6) is 5.75 Å². The van der Waals surface area contributed by atoms with Gasteiger partial charge < -0.3 is 10.1 Å². The van der Waals surface area contributed by atoms with Crippen LogP contribution in [-0.4, -0.2) is 40.8 Å². The average molecular weight is 349 g/mol. The number of nitrogens with zero attached hydrogens (tertiary/aromatic N) is 1. The molecule has 0 atom stereocenters. The molecule has 6 nitrogen and oxygen atoms in total. The predicted octanol–water partition coefficient (Wildman–Crippen LogP) is 2.03. The Bertz CT molecular complexity index is 619. The van der Waals surface area contributed by atoms with Crippen LogP contribution in [0.15, 0.2) is 18.2 Å². The summed E-state index contributed by atoms with van der Waals surface area (Å²) in [7, 11) is -2.14. The second kappa shape index (κ2) is 8.24. The summed E-state index contributed by atoms with van der Waals surface area (Å²) in [6.07, 6.45) is 2.84. The van der Waals surface area contributed by atoms with E-state index in [1.165, 1.54) is 13.2 Å². The molecule has 1 rings (SSSR count). The summed E-state index contributed by atoms with van der Waals surface area (Å²) in [5, 5.41) is 2.97. The van der Waals surface area contributed by atoms with Crippen molar-refractivity contribution in [2.24, 2.45) is 0 Å². The third-order valence-corrected chi connectivity index (χ3v) is 4.40. The van der Waals surface area contributed by atoms with E-state index >= 15 is 0 Å². The number of rotatable bonds is 8. The van der Waals surface area contributed by atoms with Gasteiger partial charge in [-0.25, -0.2) is 8.42 Å². The van der Waals surface area contributed by atoms with Gasteiger partial charge >= 0.3 is 0 Å². The van der Waals surface area contributed by atoms with Crippen LogP contribution in [0, 0.1) is 0 Å². The maximum atomic E-state index is 11.9. The first-order chi connectivity index (χ1) is 10.3. The van der Waals surface area contributed by atoms with Crippen molar-refractivity contribution in [3.8, 4) is 5.75 Å². The van der Waals surface area contributed by atoms with Crippen LogP contribution in [0.3, 0.4) is 0 Å². The molecule has 0 spiro atoms. The fraction of sp³-hybridized carbons (Fsp3) is 0.500. The maximum Gasteiger partial charge on any atom is 0.240 e. The minimum absolute atomic E-state index is 0.278. The van der Waals surface area contributed by atoms with Gasteiger partial charge in [-0.15, -0.1) is 0 Å². The van der Waals surface area contributed by atoms with Gasteiger partial charge in [-0.1, -0.05) is 24.9 Å². The highest BCUT2D eigenvalue weighted by Crippen LogP contribution is 2.30. The molecule has 1 N–H and O–H groups in total. The normalized spacial score (nSPS) is 11.1. The second-order valence-electron chi connectivity index (χ2n) is 4.79. The Balaban J connectivity index is 2.95. The van der Waals surface area contributed by atoms with Crippen LogP contribution in [-0.2, 0) is 14.8 Å². The predicted molar refractivity (Wildman–Crippen MR) is 88.1 cm³/mol. The Labute approximate surface area is 136 Å². The molecule has 0 radical (unpaired) electrons. The topological polar surface area (TPSA) is 75.7 Å². The molecule has 124 valence electrons. The molecule has 1 aromatic carbocycles. The lowest BCUT2D eigenvalue weighted by molar-refractivity contribution is -0.119. The van der Waals surface area contributed by atoms with E-state index in [2.05, 4.69) is 5.32 Å². The van der Waals surface area contributed by atoms with Crippen LogP contribution in [0.2, 0.25) is 5.02 Å². The Morgan fingerprint density at radius 2 is 2.09 bits per heavy atom. The standard InChI is InChI=1S/C14H21ClN2O4S/c1-4-5-8-16-14(18)10-17(22(3,19)20)11-6-7-13(21-2)12(15)9-11/h6-7,9H,4-5,8,10H2,1-3H3,(H,16,18). The number of ether oxygens (including phenoxy) is 1. The van der Waals surface area contributed by atoms with E-state index in [0.29, 0.717) is 18.0 Å². The first-order valence-corrected chi connectivity index (χ1v) is 9.10. The van der Waals surface area contributed by atoms with Crippen LogP contribution < -0.4 is 14.4 Å². The number of benzene rings is 1. The smallest absolute Gasteiger partial charge is 0.240 e. The summed E-state index contributed by atoms with van der Waals surface area (Å²) in [5.41, 5.74) is 0.318. The van der Waals surface area contributed by atoms with Crippen LogP contribution in [0.25, 0.3) is 0 Å². The molecule has 1 aromatic rings. The van der Waals surface area contributed by atoms with E-state index in [9.17, 15) is 13.2 Å². The minimum atomic E-state index is -3.61. The molecule has 0 saturated heterocycles. The second-order valence-corrected chi connectivity index (χ2v) is 7.11. The van der Waals surface area contributed by atoms with Crippen LogP contribution in [0.1, 0.15) is 19.8 Å². The van der Waals surface area contributed by atoms with Gasteiger partial charge in [0.05, 0.1) is 24.1 Å². The molecular formula is C14H21ClN2O4S. The quantitative estimate of drug-likeness (QED) is 0.729. The number of anilines is 1. The average Bonchev–Trinajstić information content (AvgIpc) is 2.44. The van der Waals surface area contributed by atoms with Gasteiger partial charge in [0.25, 0.3) is 0 Å². The van der Waals surface area contributed by atoms with Gasteiger partial charge in [0.15, 0.2) is 0 Å². The van der Waals surface area contributed by atoms with Gasteiger partial charge in [-0.2, -0.15) is 0 Å². The van der Waals surface area contributed by atoms with Crippen molar-refractivity contribution >= 4 is 33.2 Å². The van der Waals surface area contributed by atoms with Crippen LogP contribution in [0.4, 0.5) is 5.69 Å². The number of sulfonamides is 1. The van der Waals surface area contributed by atoms with Crippen molar-refractivity contribution in [1.29, 1.82) is 0 Å². The molecule has 0 heterocycles. The Kier molecular flexibility index (Phi) is 6.96. The SMILES string of the molecule is CCCCNC(=O)CN(c1ccc(OC)c(Cl)c1)S(C)(=O)=O. The Morgan fingerprint density at radius 3 is 2.59 bits per heavy atom. The fourth-order valence-corrected chi connectivity index (χ4v) is 2.90. The molecule has 0 unspecified atom stereocenters. The van der Waals surface area contributed by atoms with Gasteiger partial charge in [0.1, 0.15) is 12.3 Å². The number of nitrogens with one attached hydrogen (secondary N) is 1. The zero-order valence-corrected chi connectivity index (χ0v) is 14.5. The monoisotopic (exact) mass is 348 g/mol. The molecule has 22 heavy (non-hydrogen) atoms. The molecule has 1 amide bonds. The van der Waals surface area contributed by atoms with E-state index in [1.54, 1.807) is 12.1 Å². The maximum absolute atomic E-state index is 11.9. The van der Waals surface area contributed by atoms with E-state index in [1.807, 2.05) is 6.92 Å². The zero-order chi connectivity index (χ0) is 16.8. The lowest BCUT2D eigenvalue weighted by Crippen LogP contribution is -2.40. The number of carbonyl (C=O) groups is 1. The molecule has 0 saturated carbocycles. The highest BCUT2D eigenvalue weighted by atomic mass is 35.5. The van der Waals surface area contributed by atoms with Crippen molar-refractivity contribution in [2.45, 2.75) is 19.8 Å². The lowest BCUT2D eigenvalue weighted by atomic mass is 10.3. The van der Waals surface area contributed by atoms with Crippen molar-refractivity contribution in [3.63, 3.8) is 0 Å². The largest absolute Gasteiger partial charge is 0.495 e. The van der Waals surface area contributed by atoms with Crippen LogP contribution >= 0.6 is 11.6 Å². The number of hydrogen-bond donors (Lipinski definition) is 1. The van der Waals surface area contributed by atoms with E-state index in [4.69, 9.17) is 16.3 Å².